The minimum atomic E-state index is -0.391. The number of halogens is 1. The molecule has 0 bridgehead atoms. The van der Waals surface area contributed by atoms with Crippen LogP contribution in [0, 0.1) is 0 Å². The second kappa shape index (κ2) is 8.46. The average molecular weight is 426 g/mol. The number of benzene rings is 2. The summed E-state index contributed by atoms with van der Waals surface area (Å²) in [5.74, 6) is 0.626. The molecule has 7 heteroatoms. The van der Waals surface area contributed by atoms with Gasteiger partial charge in [-0.15, -0.1) is 0 Å². The number of hydrogen-bond donors (Lipinski definition) is 2. The second-order valence-electron chi connectivity index (χ2n) is 5.67. The third kappa shape index (κ3) is 5.15. The van der Waals surface area contributed by atoms with Gasteiger partial charge in [0.1, 0.15) is 11.5 Å². The van der Waals surface area contributed by atoms with Gasteiger partial charge in [-0.2, -0.15) is 5.10 Å². The van der Waals surface area contributed by atoms with Crippen molar-refractivity contribution < 1.29 is 14.0 Å². The summed E-state index contributed by atoms with van der Waals surface area (Å²) in [4.78, 5) is 23.3. The van der Waals surface area contributed by atoms with E-state index in [1.807, 2.05) is 30.3 Å². The molecular formula is C20H16BrN3O3. The lowest BCUT2D eigenvalue weighted by Gasteiger charge is -2.04. The molecule has 0 radical (unpaired) electrons. The van der Waals surface area contributed by atoms with Crippen molar-refractivity contribution in [2.45, 2.75) is 6.92 Å². The molecule has 0 spiro atoms. The Bertz CT molecular complexity index is 994. The molecule has 3 aromatic rings. The summed E-state index contributed by atoms with van der Waals surface area (Å²) in [5, 5.41) is 6.54. The van der Waals surface area contributed by atoms with Crippen molar-refractivity contribution in [1.82, 2.24) is 5.43 Å². The Morgan fingerprint density at radius 1 is 1.07 bits per heavy atom. The van der Waals surface area contributed by atoms with E-state index < -0.39 is 5.91 Å². The van der Waals surface area contributed by atoms with Crippen molar-refractivity contribution >= 4 is 39.6 Å². The van der Waals surface area contributed by atoms with Gasteiger partial charge in [0, 0.05) is 28.2 Å². The molecule has 0 aliphatic heterocycles. The fourth-order valence-corrected chi connectivity index (χ4v) is 2.62. The molecule has 0 aliphatic carbocycles. The maximum Gasteiger partial charge on any atom is 0.271 e. The van der Waals surface area contributed by atoms with Crippen LogP contribution in [0.2, 0.25) is 0 Å². The highest BCUT2D eigenvalue weighted by atomic mass is 79.9. The largest absolute Gasteiger partial charge is 0.455 e. The molecule has 136 valence electrons. The number of nitrogens with one attached hydrogen (secondary N) is 2. The molecule has 0 fully saturated rings. The summed E-state index contributed by atoms with van der Waals surface area (Å²) in [6, 6.07) is 17.9. The number of nitrogens with zero attached hydrogens (tertiary/aromatic N) is 1. The van der Waals surface area contributed by atoms with Crippen LogP contribution in [0.1, 0.15) is 23.0 Å². The van der Waals surface area contributed by atoms with Crippen LogP contribution >= 0.6 is 15.9 Å². The summed E-state index contributed by atoms with van der Waals surface area (Å²) in [6.45, 7) is 1.41. The van der Waals surface area contributed by atoms with Crippen molar-refractivity contribution in [2.75, 3.05) is 5.32 Å². The number of rotatable bonds is 5. The van der Waals surface area contributed by atoms with Crippen molar-refractivity contribution in [2.24, 2.45) is 5.10 Å². The van der Waals surface area contributed by atoms with Crippen molar-refractivity contribution in [3.05, 3.63) is 76.5 Å². The highest BCUT2D eigenvalue weighted by Gasteiger charge is 2.06. The predicted octanol–water partition coefficient (Wildman–Crippen LogP) is 4.43. The number of amides is 2. The van der Waals surface area contributed by atoms with E-state index in [9.17, 15) is 9.59 Å². The summed E-state index contributed by atoms with van der Waals surface area (Å²) < 4.78 is 6.69. The summed E-state index contributed by atoms with van der Waals surface area (Å²) in [5.41, 5.74) is 4.31. The van der Waals surface area contributed by atoms with Crippen molar-refractivity contribution in [1.29, 1.82) is 0 Å². The zero-order valence-corrected chi connectivity index (χ0v) is 16.0. The van der Waals surface area contributed by atoms with Gasteiger partial charge >= 0.3 is 0 Å². The van der Waals surface area contributed by atoms with E-state index in [-0.39, 0.29) is 5.91 Å². The molecule has 1 aromatic heterocycles. The Morgan fingerprint density at radius 3 is 2.59 bits per heavy atom. The Labute approximate surface area is 164 Å². The lowest BCUT2D eigenvalue weighted by atomic mass is 10.2. The Balaban J connectivity index is 1.63. The molecule has 0 saturated heterocycles. The third-order valence-electron chi connectivity index (χ3n) is 3.56. The van der Waals surface area contributed by atoms with Gasteiger partial charge in [0.2, 0.25) is 5.91 Å². The molecule has 27 heavy (non-hydrogen) atoms. The van der Waals surface area contributed by atoms with Crippen LogP contribution in [0.15, 0.2) is 74.7 Å². The lowest BCUT2D eigenvalue weighted by molar-refractivity contribution is -0.114. The van der Waals surface area contributed by atoms with Gasteiger partial charge in [-0.05, 0) is 42.5 Å². The first-order valence-corrected chi connectivity index (χ1v) is 8.87. The van der Waals surface area contributed by atoms with Gasteiger partial charge in [-0.25, -0.2) is 5.43 Å². The highest BCUT2D eigenvalue weighted by Crippen LogP contribution is 2.23. The molecule has 0 saturated carbocycles. The third-order valence-corrected chi connectivity index (χ3v) is 4.09. The molecule has 2 N–H and O–H groups in total. The molecule has 2 amide bonds. The summed E-state index contributed by atoms with van der Waals surface area (Å²) >= 11 is 3.39. The molecule has 3 rings (SSSR count). The number of hydrogen-bond acceptors (Lipinski definition) is 4. The summed E-state index contributed by atoms with van der Waals surface area (Å²) in [6.07, 6.45) is 1.43. The van der Waals surface area contributed by atoms with E-state index >= 15 is 0 Å². The zero-order chi connectivity index (χ0) is 19.2. The quantitative estimate of drug-likeness (QED) is 0.468. The van der Waals surface area contributed by atoms with Crippen LogP contribution < -0.4 is 10.7 Å². The number of carbonyl (C=O) groups is 2. The van der Waals surface area contributed by atoms with Gasteiger partial charge in [-0.1, -0.05) is 34.1 Å². The van der Waals surface area contributed by atoms with Gasteiger partial charge in [0.05, 0.1) is 6.21 Å². The molecule has 6 nitrogen and oxygen atoms in total. The number of hydrazone groups is 1. The molecular weight excluding hydrogens is 410 g/mol. The molecule has 2 aromatic carbocycles. The predicted molar refractivity (Wildman–Crippen MR) is 108 cm³/mol. The van der Waals surface area contributed by atoms with Crippen LogP contribution in [0.5, 0.6) is 0 Å². The standard InChI is InChI=1S/C20H16BrN3O3/c1-13(25)23-17-4-2-3-15(11-17)20(26)24-22-12-18-9-10-19(27-18)14-5-7-16(21)8-6-14/h2-12H,1H3,(H,23,25)(H,24,26). The highest BCUT2D eigenvalue weighted by molar-refractivity contribution is 9.10. The van der Waals surface area contributed by atoms with E-state index in [1.54, 1.807) is 30.3 Å². The number of carbonyl (C=O) groups excluding carboxylic acids is 2. The minimum Gasteiger partial charge on any atom is -0.455 e. The van der Waals surface area contributed by atoms with E-state index in [2.05, 4.69) is 31.8 Å². The molecule has 1 heterocycles. The molecule has 0 unspecified atom stereocenters. The van der Waals surface area contributed by atoms with E-state index in [0.717, 1.165) is 10.0 Å². The normalized spacial score (nSPS) is 10.7. The number of furan rings is 1. The van der Waals surface area contributed by atoms with E-state index in [4.69, 9.17) is 4.42 Å². The van der Waals surface area contributed by atoms with Gasteiger partial charge in [-0.3, -0.25) is 9.59 Å². The first kappa shape index (κ1) is 18.6. The first-order chi connectivity index (χ1) is 13.0. The van der Waals surface area contributed by atoms with Crippen LogP contribution in [-0.4, -0.2) is 18.0 Å². The van der Waals surface area contributed by atoms with E-state index in [0.29, 0.717) is 22.8 Å². The SMILES string of the molecule is CC(=O)Nc1cccc(C(=O)NN=Cc2ccc(-c3ccc(Br)cc3)o2)c1. The Hall–Kier alpha value is -3.19. The zero-order valence-electron chi connectivity index (χ0n) is 14.4. The first-order valence-electron chi connectivity index (χ1n) is 8.08. The van der Waals surface area contributed by atoms with Gasteiger partial charge < -0.3 is 9.73 Å². The van der Waals surface area contributed by atoms with Crippen LogP contribution in [0.4, 0.5) is 5.69 Å². The Kier molecular flexibility index (Phi) is 5.83. The van der Waals surface area contributed by atoms with E-state index in [1.165, 1.54) is 13.1 Å². The van der Waals surface area contributed by atoms with Crippen molar-refractivity contribution in [3.63, 3.8) is 0 Å². The minimum absolute atomic E-state index is 0.204. The average Bonchev–Trinajstić information content (AvgIpc) is 3.11. The maximum atomic E-state index is 12.2. The monoisotopic (exact) mass is 425 g/mol. The fourth-order valence-electron chi connectivity index (χ4n) is 2.35. The topological polar surface area (TPSA) is 83.7 Å². The maximum absolute atomic E-state index is 12.2. The molecule has 0 atom stereocenters. The lowest BCUT2D eigenvalue weighted by Crippen LogP contribution is -2.18. The van der Waals surface area contributed by atoms with Crippen LogP contribution in [0.25, 0.3) is 11.3 Å². The van der Waals surface area contributed by atoms with Gasteiger partial charge in [0.25, 0.3) is 5.91 Å². The van der Waals surface area contributed by atoms with Crippen molar-refractivity contribution in [3.8, 4) is 11.3 Å². The van der Waals surface area contributed by atoms with Gasteiger partial charge in [0.15, 0.2) is 0 Å². The second-order valence-corrected chi connectivity index (χ2v) is 6.59. The fraction of sp³-hybridized carbons (Fsp3) is 0.0500. The van der Waals surface area contributed by atoms with Crippen LogP contribution in [-0.2, 0) is 4.79 Å². The van der Waals surface area contributed by atoms with Crippen LogP contribution in [0.3, 0.4) is 0 Å². The molecule has 0 aliphatic rings. The summed E-state index contributed by atoms with van der Waals surface area (Å²) in [7, 11) is 0. The number of anilines is 1. The Morgan fingerprint density at radius 2 is 1.85 bits per heavy atom. The smallest absolute Gasteiger partial charge is 0.271 e.